The number of nitrogens with one attached hydrogen (secondary N) is 2. The van der Waals surface area contributed by atoms with Gasteiger partial charge in [-0.2, -0.15) is 0 Å². The molecule has 0 aliphatic heterocycles. The molecular weight excluding hydrogens is 604 g/mol. The molecule has 262 valence electrons. The first-order valence-corrected chi connectivity index (χ1v) is 17.7. The van der Waals surface area contributed by atoms with Crippen LogP contribution in [0.1, 0.15) is 89.3 Å². The van der Waals surface area contributed by atoms with Gasteiger partial charge in [-0.3, -0.25) is 19.4 Å². The molecule has 0 radical (unpaired) electrons. The van der Waals surface area contributed by atoms with E-state index in [4.69, 9.17) is 6.42 Å². The minimum absolute atomic E-state index is 0.0344. The maximum Gasteiger partial charge on any atom is 0.242 e. The summed E-state index contributed by atoms with van der Waals surface area (Å²) in [6.45, 7) is 4.41. The van der Waals surface area contributed by atoms with E-state index in [0.29, 0.717) is 38.1 Å². The van der Waals surface area contributed by atoms with Gasteiger partial charge >= 0.3 is 0 Å². The molecule has 9 heteroatoms. The van der Waals surface area contributed by atoms with Gasteiger partial charge in [-0.05, 0) is 55.2 Å². The molecule has 1 heterocycles. The molecule has 1 aromatic carbocycles. The molecule has 3 rings (SSSR count). The fourth-order valence-corrected chi connectivity index (χ4v) is 6.50. The molecule has 1 fully saturated rings. The summed E-state index contributed by atoms with van der Waals surface area (Å²) in [5.74, 6) is 1.30. The number of carbonyl (C=O) groups excluding carboxylic acids is 3. The topological polar surface area (TPSA) is 132 Å². The number of likely N-dealkylation sites (N-methyl/N-ethyl adjacent to an activating group) is 1. The second-order valence-electron chi connectivity index (χ2n) is 13.8. The Kier molecular flexibility index (Phi) is 16.6. The molecule has 48 heavy (non-hydrogen) atoms. The van der Waals surface area contributed by atoms with Crippen molar-refractivity contribution in [2.75, 3.05) is 13.6 Å². The zero-order valence-corrected chi connectivity index (χ0v) is 29.0. The zero-order chi connectivity index (χ0) is 34.9. The Labute approximate surface area is 287 Å². The van der Waals surface area contributed by atoms with Crippen molar-refractivity contribution < 1.29 is 24.6 Å². The summed E-state index contributed by atoms with van der Waals surface area (Å²) in [6, 6.07) is 13.5. The van der Waals surface area contributed by atoms with Crippen molar-refractivity contribution in [2.45, 2.75) is 115 Å². The van der Waals surface area contributed by atoms with Gasteiger partial charge in [0.1, 0.15) is 12.1 Å². The third kappa shape index (κ3) is 13.4. The van der Waals surface area contributed by atoms with Crippen LogP contribution in [0.3, 0.4) is 0 Å². The fraction of sp³-hybridized carbons (Fsp3) is 0.590. The lowest BCUT2D eigenvalue weighted by atomic mass is 9.82. The molecule has 1 aromatic heterocycles. The molecule has 1 aliphatic carbocycles. The van der Waals surface area contributed by atoms with Crippen molar-refractivity contribution in [3.63, 3.8) is 0 Å². The highest BCUT2D eigenvalue weighted by Gasteiger charge is 2.34. The second-order valence-corrected chi connectivity index (χ2v) is 13.8. The Balaban J connectivity index is 1.76. The number of aliphatic hydroxyl groups excluding tert-OH is 2. The molecule has 2 aromatic rings. The lowest BCUT2D eigenvalue weighted by molar-refractivity contribution is -0.137. The molecule has 1 saturated carbocycles. The summed E-state index contributed by atoms with van der Waals surface area (Å²) in [4.78, 5) is 47.1. The highest BCUT2D eigenvalue weighted by molar-refractivity contribution is 5.91. The largest absolute Gasteiger partial charge is 0.390 e. The lowest BCUT2D eigenvalue weighted by Crippen LogP contribution is -2.56. The van der Waals surface area contributed by atoms with Gasteiger partial charge in [0.05, 0.1) is 18.1 Å². The first kappa shape index (κ1) is 38.7. The number of nitrogens with zero attached hydrogens (tertiary/aromatic N) is 2. The average molecular weight is 661 g/mol. The number of aliphatic hydroxyl groups is 2. The summed E-state index contributed by atoms with van der Waals surface area (Å²) in [7, 11) is 1.72. The molecule has 0 spiro atoms. The smallest absolute Gasteiger partial charge is 0.242 e. The molecule has 3 amide bonds. The number of hydrogen-bond donors (Lipinski definition) is 4. The summed E-state index contributed by atoms with van der Waals surface area (Å²) < 4.78 is 0. The van der Waals surface area contributed by atoms with E-state index in [1.165, 1.54) is 6.42 Å². The van der Waals surface area contributed by atoms with Crippen molar-refractivity contribution >= 4 is 17.7 Å². The minimum atomic E-state index is -1.15. The van der Waals surface area contributed by atoms with Crippen molar-refractivity contribution in [1.82, 2.24) is 20.5 Å². The van der Waals surface area contributed by atoms with Crippen LogP contribution in [0.2, 0.25) is 0 Å². The average Bonchev–Trinajstić information content (AvgIpc) is 3.08. The van der Waals surface area contributed by atoms with Gasteiger partial charge in [-0.15, -0.1) is 12.3 Å². The number of pyridine rings is 1. The third-order valence-electron chi connectivity index (χ3n) is 9.34. The number of hydrogen-bond acceptors (Lipinski definition) is 6. The monoisotopic (exact) mass is 660 g/mol. The number of benzene rings is 1. The van der Waals surface area contributed by atoms with Crippen molar-refractivity contribution in [2.24, 2.45) is 17.8 Å². The van der Waals surface area contributed by atoms with Crippen LogP contribution in [-0.2, 0) is 27.2 Å². The lowest BCUT2D eigenvalue weighted by Gasteiger charge is -2.34. The maximum absolute atomic E-state index is 13.9. The van der Waals surface area contributed by atoms with Crippen LogP contribution in [0, 0.1) is 30.1 Å². The van der Waals surface area contributed by atoms with Gasteiger partial charge in [0, 0.05) is 44.7 Å². The third-order valence-corrected chi connectivity index (χ3v) is 9.34. The number of aromatic nitrogens is 1. The Morgan fingerprint density at radius 1 is 1.00 bits per heavy atom. The number of carbonyl (C=O) groups is 3. The molecule has 4 N–H and O–H groups in total. The fourth-order valence-electron chi connectivity index (χ4n) is 6.50. The van der Waals surface area contributed by atoms with Crippen LogP contribution in [0.15, 0.2) is 54.7 Å². The number of rotatable bonds is 19. The number of amides is 3. The molecule has 0 saturated heterocycles. The molecule has 1 aliphatic rings. The van der Waals surface area contributed by atoms with Crippen molar-refractivity contribution in [3.8, 4) is 12.3 Å². The molecular formula is C39H56N4O5. The Hall–Kier alpha value is -3.74. The standard InChI is InChI=1S/C39H56N4O5/c1-5-6-20-33(39(48)42-34(26-30-17-11-8-12-18-30)37(46)35(44)24-28(2)3)41-38(47)31(25-29-15-9-7-10-16-29)27-36(45)43(4)23-21-32-19-13-14-22-40-32/h1,7,9-10,13-16,19,22,28,30-31,33-35,37,44,46H,6,8,11-12,17-18,20-21,23-27H2,2-4H3,(H,41,47)(H,42,48)/t31-,33?,34+,35+,37?/m1/s1. The summed E-state index contributed by atoms with van der Waals surface area (Å²) in [5, 5.41) is 28.0. The van der Waals surface area contributed by atoms with Crippen LogP contribution < -0.4 is 10.6 Å². The van der Waals surface area contributed by atoms with Crippen molar-refractivity contribution in [1.29, 1.82) is 0 Å². The van der Waals surface area contributed by atoms with E-state index in [1.807, 2.05) is 62.4 Å². The summed E-state index contributed by atoms with van der Waals surface area (Å²) in [6.07, 6.45) is 12.9. The van der Waals surface area contributed by atoms with Crippen LogP contribution in [0.25, 0.3) is 0 Å². The van der Waals surface area contributed by atoms with E-state index >= 15 is 0 Å². The van der Waals surface area contributed by atoms with E-state index in [2.05, 4.69) is 21.5 Å². The number of terminal acetylenes is 1. The summed E-state index contributed by atoms with van der Waals surface area (Å²) in [5.41, 5.74) is 1.78. The van der Waals surface area contributed by atoms with Gasteiger partial charge in [-0.1, -0.05) is 82.3 Å². The second kappa shape index (κ2) is 20.6. The Morgan fingerprint density at radius 3 is 2.35 bits per heavy atom. The normalized spacial score (nSPS) is 16.6. The predicted molar refractivity (Wildman–Crippen MR) is 188 cm³/mol. The quantitative estimate of drug-likeness (QED) is 0.165. The SMILES string of the molecule is C#CCCC(NC(=O)[C@@H](CC(=O)N(C)CCc1ccccn1)Cc1ccccc1)C(=O)N[C@@H](CC1CCCCC1)C(O)[C@@H](O)CC(C)C. The molecule has 5 atom stereocenters. The highest BCUT2D eigenvalue weighted by Crippen LogP contribution is 2.29. The molecule has 2 unspecified atom stereocenters. The van der Waals surface area contributed by atoms with Gasteiger partial charge in [0.25, 0.3) is 0 Å². The first-order valence-electron chi connectivity index (χ1n) is 17.7. The van der Waals surface area contributed by atoms with Crippen LogP contribution in [0.4, 0.5) is 0 Å². The Bertz CT molecular complexity index is 1290. The minimum Gasteiger partial charge on any atom is -0.390 e. The van der Waals surface area contributed by atoms with Crippen LogP contribution >= 0.6 is 0 Å². The zero-order valence-electron chi connectivity index (χ0n) is 29.0. The molecule has 0 bridgehead atoms. The Morgan fingerprint density at radius 2 is 1.71 bits per heavy atom. The van der Waals surface area contributed by atoms with E-state index in [9.17, 15) is 24.6 Å². The van der Waals surface area contributed by atoms with Crippen LogP contribution in [0.5, 0.6) is 0 Å². The van der Waals surface area contributed by atoms with Gasteiger partial charge in [0.15, 0.2) is 0 Å². The predicted octanol–water partition coefficient (Wildman–Crippen LogP) is 4.45. The molecule has 9 nitrogen and oxygen atoms in total. The van der Waals surface area contributed by atoms with E-state index < -0.39 is 42.0 Å². The van der Waals surface area contributed by atoms with E-state index in [1.54, 1.807) is 18.1 Å². The van der Waals surface area contributed by atoms with Gasteiger partial charge in [0.2, 0.25) is 17.7 Å². The maximum atomic E-state index is 13.9. The van der Waals surface area contributed by atoms with E-state index in [-0.39, 0.29) is 31.1 Å². The van der Waals surface area contributed by atoms with Gasteiger partial charge in [-0.25, -0.2) is 0 Å². The van der Waals surface area contributed by atoms with Crippen molar-refractivity contribution in [3.05, 3.63) is 66.0 Å². The van der Waals surface area contributed by atoms with Crippen LogP contribution in [-0.4, -0.2) is 75.7 Å². The van der Waals surface area contributed by atoms with E-state index in [0.717, 1.165) is 36.9 Å². The highest BCUT2D eigenvalue weighted by atomic mass is 16.3. The van der Waals surface area contributed by atoms with Gasteiger partial charge < -0.3 is 25.7 Å². The summed E-state index contributed by atoms with van der Waals surface area (Å²) >= 11 is 0. The first-order chi connectivity index (χ1) is 23.1.